The van der Waals surface area contributed by atoms with E-state index in [-0.39, 0.29) is 6.03 Å². The van der Waals surface area contributed by atoms with Gasteiger partial charge in [-0.15, -0.1) is 11.3 Å². The molecule has 0 spiro atoms. The summed E-state index contributed by atoms with van der Waals surface area (Å²) in [6, 6.07) is 19.0. The Balaban J connectivity index is 1.56. The predicted octanol–water partition coefficient (Wildman–Crippen LogP) is 4.77. The summed E-state index contributed by atoms with van der Waals surface area (Å²) in [6.07, 6.45) is -0.640. The zero-order valence-corrected chi connectivity index (χ0v) is 15.6. The van der Waals surface area contributed by atoms with Crippen molar-refractivity contribution in [3.05, 3.63) is 87.1 Å². The first-order chi connectivity index (χ1) is 12.5. The summed E-state index contributed by atoms with van der Waals surface area (Å²) in [7, 11) is 0. The molecule has 0 radical (unpaired) electrons. The molecule has 0 aliphatic rings. The zero-order chi connectivity index (χ0) is 18.5. The molecule has 0 aliphatic carbocycles. The van der Waals surface area contributed by atoms with Crippen LogP contribution in [-0.2, 0) is 6.54 Å². The molecule has 1 unspecified atom stereocenters. The zero-order valence-electron chi connectivity index (χ0n) is 14.8. The summed E-state index contributed by atoms with van der Waals surface area (Å²) in [5.41, 5.74) is 3.97. The van der Waals surface area contributed by atoms with E-state index in [9.17, 15) is 9.90 Å². The number of carbonyl (C=O) groups is 1. The van der Waals surface area contributed by atoms with Gasteiger partial charge in [0.05, 0.1) is 6.54 Å². The molecule has 3 aromatic rings. The highest BCUT2D eigenvalue weighted by Gasteiger charge is 2.13. The summed E-state index contributed by atoms with van der Waals surface area (Å²) in [6.45, 7) is 4.48. The molecule has 0 aliphatic heterocycles. The molecule has 1 heterocycles. The van der Waals surface area contributed by atoms with Crippen molar-refractivity contribution in [3.8, 4) is 0 Å². The fourth-order valence-electron chi connectivity index (χ4n) is 2.60. The lowest BCUT2D eigenvalue weighted by atomic mass is 10.1. The molecule has 1 aromatic heterocycles. The Labute approximate surface area is 157 Å². The average Bonchev–Trinajstić information content (AvgIpc) is 3.12. The van der Waals surface area contributed by atoms with Gasteiger partial charge in [0.15, 0.2) is 0 Å². The molecule has 26 heavy (non-hydrogen) atoms. The van der Waals surface area contributed by atoms with Crippen molar-refractivity contribution in [2.75, 3.05) is 5.32 Å². The minimum Gasteiger partial charge on any atom is -0.383 e. The van der Waals surface area contributed by atoms with Crippen LogP contribution in [0.2, 0.25) is 0 Å². The summed E-state index contributed by atoms with van der Waals surface area (Å²) in [5, 5.41) is 16.1. The van der Waals surface area contributed by atoms with E-state index in [0.717, 1.165) is 26.6 Å². The lowest BCUT2D eigenvalue weighted by Gasteiger charge is -2.09. The number of carbonyl (C=O) groups excluding carboxylic acids is 1. The second-order valence-corrected chi connectivity index (χ2v) is 7.42. The minimum absolute atomic E-state index is 0.244. The summed E-state index contributed by atoms with van der Waals surface area (Å²) < 4.78 is 0. The van der Waals surface area contributed by atoms with E-state index >= 15 is 0 Å². The highest BCUT2D eigenvalue weighted by molar-refractivity contribution is 7.12. The first kappa shape index (κ1) is 18.2. The molecule has 0 bridgehead atoms. The van der Waals surface area contributed by atoms with Gasteiger partial charge in [-0.05, 0) is 54.8 Å². The third kappa shape index (κ3) is 4.50. The number of aryl methyl sites for hydroxylation is 2. The molecule has 134 valence electrons. The van der Waals surface area contributed by atoms with Gasteiger partial charge in [-0.1, -0.05) is 36.4 Å². The minimum atomic E-state index is -0.640. The monoisotopic (exact) mass is 366 g/mol. The number of hydrogen-bond acceptors (Lipinski definition) is 3. The van der Waals surface area contributed by atoms with Crippen molar-refractivity contribution in [1.29, 1.82) is 0 Å². The third-order valence-electron chi connectivity index (χ3n) is 4.26. The van der Waals surface area contributed by atoms with Gasteiger partial charge in [0.1, 0.15) is 6.10 Å². The van der Waals surface area contributed by atoms with E-state index in [2.05, 4.69) is 10.6 Å². The molecule has 0 fully saturated rings. The van der Waals surface area contributed by atoms with Crippen LogP contribution in [0.15, 0.2) is 60.7 Å². The Morgan fingerprint density at radius 1 is 1.04 bits per heavy atom. The molecule has 5 heteroatoms. The van der Waals surface area contributed by atoms with Crippen LogP contribution in [0.4, 0.5) is 10.5 Å². The second-order valence-electron chi connectivity index (χ2n) is 6.22. The standard InChI is InChI=1S/C21H22N2O2S/c1-14-8-9-17(12-15(14)2)23-21(25)22-13-18-10-11-19(26-18)20(24)16-6-4-3-5-7-16/h3-12,20,24H,13H2,1-2H3,(H2,22,23,25). The summed E-state index contributed by atoms with van der Waals surface area (Å²) in [4.78, 5) is 13.9. The number of hydrogen-bond donors (Lipinski definition) is 3. The van der Waals surface area contributed by atoms with Gasteiger partial charge in [0.25, 0.3) is 0 Å². The highest BCUT2D eigenvalue weighted by atomic mass is 32.1. The number of thiophene rings is 1. The van der Waals surface area contributed by atoms with Gasteiger partial charge in [-0.3, -0.25) is 0 Å². The second kappa shape index (κ2) is 8.17. The summed E-state index contributed by atoms with van der Waals surface area (Å²) in [5.74, 6) is 0. The molecule has 2 amide bonds. The van der Waals surface area contributed by atoms with Crippen molar-refractivity contribution in [3.63, 3.8) is 0 Å². The molecule has 1 atom stereocenters. The van der Waals surface area contributed by atoms with Crippen molar-refractivity contribution < 1.29 is 9.90 Å². The first-order valence-corrected chi connectivity index (χ1v) is 9.28. The van der Waals surface area contributed by atoms with Crippen LogP contribution in [0.25, 0.3) is 0 Å². The average molecular weight is 366 g/mol. The smallest absolute Gasteiger partial charge is 0.319 e. The molecule has 0 saturated heterocycles. The molecule has 3 N–H and O–H groups in total. The fraction of sp³-hybridized carbons (Fsp3) is 0.190. The quantitative estimate of drug-likeness (QED) is 0.609. The molecule has 3 rings (SSSR count). The van der Waals surface area contributed by atoms with E-state index in [4.69, 9.17) is 0 Å². The van der Waals surface area contributed by atoms with Gasteiger partial charge in [-0.25, -0.2) is 4.79 Å². The molecule has 4 nitrogen and oxygen atoms in total. The molecular formula is C21H22N2O2S. The lowest BCUT2D eigenvalue weighted by Crippen LogP contribution is -2.27. The molecular weight excluding hydrogens is 344 g/mol. The first-order valence-electron chi connectivity index (χ1n) is 8.46. The predicted molar refractivity (Wildman–Crippen MR) is 107 cm³/mol. The molecule has 0 saturated carbocycles. The van der Waals surface area contributed by atoms with Crippen molar-refractivity contribution in [2.24, 2.45) is 0 Å². The summed E-state index contributed by atoms with van der Waals surface area (Å²) >= 11 is 1.50. The van der Waals surface area contributed by atoms with Crippen LogP contribution in [0.3, 0.4) is 0 Å². The Morgan fingerprint density at radius 3 is 2.54 bits per heavy atom. The maximum atomic E-state index is 12.1. The number of anilines is 1. The number of rotatable bonds is 5. The van der Waals surface area contributed by atoms with Crippen LogP contribution in [-0.4, -0.2) is 11.1 Å². The number of aliphatic hydroxyl groups is 1. The van der Waals surface area contributed by atoms with Crippen molar-refractivity contribution in [2.45, 2.75) is 26.5 Å². The van der Waals surface area contributed by atoms with E-state index in [0.29, 0.717) is 6.54 Å². The van der Waals surface area contributed by atoms with Crippen molar-refractivity contribution >= 4 is 23.1 Å². The third-order valence-corrected chi connectivity index (χ3v) is 5.39. The Morgan fingerprint density at radius 2 is 1.81 bits per heavy atom. The van der Waals surface area contributed by atoms with Gasteiger partial charge < -0.3 is 15.7 Å². The number of aliphatic hydroxyl groups excluding tert-OH is 1. The maximum Gasteiger partial charge on any atom is 0.319 e. The fourth-order valence-corrected chi connectivity index (χ4v) is 3.56. The highest BCUT2D eigenvalue weighted by Crippen LogP contribution is 2.28. The van der Waals surface area contributed by atoms with Crippen molar-refractivity contribution in [1.82, 2.24) is 5.32 Å². The lowest BCUT2D eigenvalue weighted by molar-refractivity contribution is 0.224. The number of amides is 2. The van der Waals surface area contributed by atoms with E-state index in [1.54, 1.807) is 0 Å². The topological polar surface area (TPSA) is 61.4 Å². The Kier molecular flexibility index (Phi) is 5.71. The van der Waals surface area contributed by atoms with Gasteiger partial charge >= 0.3 is 6.03 Å². The van der Waals surface area contributed by atoms with Crippen LogP contribution in [0, 0.1) is 13.8 Å². The number of urea groups is 1. The van der Waals surface area contributed by atoms with Gasteiger partial charge in [0.2, 0.25) is 0 Å². The van der Waals surface area contributed by atoms with E-state index < -0.39 is 6.10 Å². The van der Waals surface area contributed by atoms with Crippen LogP contribution >= 0.6 is 11.3 Å². The Hall–Kier alpha value is -2.63. The van der Waals surface area contributed by atoms with Crippen LogP contribution in [0.1, 0.15) is 32.5 Å². The number of nitrogens with one attached hydrogen (secondary N) is 2. The van der Waals surface area contributed by atoms with Crippen LogP contribution < -0.4 is 10.6 Å². The van der Waals surface area contributed by atoms with E-state index in [1.807, 2.05) is 74.5 Å². The largest absolute Gasteiger partial charge is 0.383 e. The number of benzene rings is 2. The SMILES string of the molecule is Cc1ccc(NC(=O)NCc2ccc(C(O)c3ccccc3)s2)cc1C. The van der Waals surface area contributed by atoms with Crippen LogP contribution in [0.5, 0.6) is 0 Å². The Bertz CT molecular complexity index is 890. The maximum absolute atomic E-state index is 12.1. The normalized spacial score (nSPS) is 11.8. The van der Waals surface area contributed by atoms with Gasteiger partial charge in [0, 0.05) is 15.4 Å². The molecule has 2 aromatic carbocycles. The van der Waals surface area contributed by atoms with Gasteiger partial charge in [-0.2, -0.15) is 0 Å². The van der Waals surface area contributed by atoms with E-state index in [1.165, 1.54) is 16.9 Å².